The first-order chi connectivity index (χ1) is 19.4. The zero-order valence-electron chi connectivity index (χ0n) is 22.4. The molecule has 1 aliphatic carbocycles. The largest absolute Gasteiger partial charge is 0.333 e. The van der Waals surface area contributed by atoms with Crippen molar-refractivity contribution in [2.45, 2.75) is 50.9 Å². The summed E-state index contributed by atoms with van der Waals surface area (Å²) in [7, 11) is 0. The quantitative estimate of drug-likeness (QED) is 0.274. The highest BCUT2D eigenvalue weighted by Gasteiger charge is 2.40. The molecular formula is C34H31F3N2O. The summed E-state index contributed by atoms with van der Waals surface area (Å²) in [6, 6.07) is 24.6. The van der Waals surface area contributed by atoms with Gasteiger partial charge < -0.3 is 4.90 Å². The summed E-state index contributed by atoms with van der Waals surface area (Å²) in [5.41, 5.74) is 4.57. The molecule has 6 heteroatoms. The number of hydrogen-bond donors (Lipinski definition) is 0. The SMILES string of the molecule is CC(C(=O)N(Cc1ccccc1F)C1Cc2ccccc2C1)N1CCc2ccccc2C1c1c(F)cccc1F. The van der Waals surface area contributed by atoms with Crippen LogP contribution in [0.15, 0.2) is 91.0 Å². The topological polar surface area (TPSA) is 23.6 Å². The van der Waals surface area contributed by atoms with E-state index in [4.69, 9.17) is 0 Å². The number of hydrogen-bond acceptors (Lipinski definition) is 2. The molecule has 1 heterocycles. The Bertz CT molecular complexity index is 1510. The Kier molecular flexibility index (Phi) is 7.20. The van der Waals surface area contributed by atoms with Crippen molar-refractivity contribution in [1.82, 2.24) is 9.80 Å². The van der Waals surface area contributed by atoms with Crippen molar-refractivity contribution >= 4 is 5.91 Å². The Hall–Kier alpha value is -3.90. The van der Waals surface area contributed by atoms with Gasteiger partial charge in [0.25, 0.3) is 0 Å². The number of carbonyl (C=O) groups excluding carboxylic acids is 1. The minimum atomic E-state index is -0.763. The highest BCUT2D eigenvalue weighted by Crippen LogP contribution is 2.39. The van der Waals surface area contributed by atoms with Crippen molar-refractivity contribution in [3.05, 3.63) is 142 Å². The van der Waals surface area contributed by atoms with E-state index < -0.39 is 23.7 Å². The summed E-state index contributed by atoms with van der Waals surface area (Å²) in [6.45, 7) is 2.39. The monoisotopic (exact) mass is 540 g/mol. The van der Waals surface area contributed by atoms with Gasteiger partial charge in [-0.1, -0.05) is 72.8 Å². The van der Waals surface area contributed by atoms with E-state index in [-0.39, 0.29) is 29.9 Å². The number of halogens is 3. The predicted molar refractivity (Wildman–Crippen MR) is 149 cm³/mol. The Morgan fingerprint density at radius 2 is 1.38 bits per heavy atom. The standard InChI is InChI=1S/C34H31F3N2O/c1-22(38-18-17-23-9-4-6-13-28(23)33(38)32-30(36)15-8-16-31(32)37)34(40)39(21-26-12-5-7-14-29(26)35)27-19-24-10-2-3-11-25(24)20-27/h2-16,22,27,33H,17-21H2,1H3. The van der Waals surface area contributed by atoms with E-state index in [0.717, 1.165) is 11.1 Å². The number of nitrogens with zero attached hydrogens (tertiary/aromatic N) is 2. The van der Waals surface area contributed by atoms with E-state index in [2.05, 4.69) is 12.1 Å². The fraction of sp³-hybridized carbons (Fsp3) is 0.265. The third-order valence-electron chi connectivity index (χ3n) is 8.50. The lowest BCUT2D eigenvalue weighted by molar-refractivity contribution is -0.140. The van der Waals surface area contributed by atoms with Crippen LogP contribution in [0, 0.1) is 17.5 Å². The van der Waals surface area contributed by atoms with Crippen molar-refractivity contribution in [3.63, 3.8) is 0 Å². The summed E-state index contributed by atoms with van der Waals surface area (Å²) in [5.74, 6) is -1.81. The lowest BCUT2D eigenvalue weighted by atomic mass is 9.86. The Morgan fingerprint density at radius 1 is 0.800 bits per heavy atom. The molecule has 1 aliphatic heterocycles. The summed E-state index contributed by atoms with van der Waals surface area (Å²) in [5, 5.41) is 0. The molecule has 4 aromatic carbocycles. The van der Waals surface area contributed by atoms with E-state index in [1.54, 1.807) is 30.0 Å². The van der Waals surface area contributed by atoms with Crippen LogP contribution in [0.1, 0.15) is 46.3 Å². The zero-order chi connectivity index (χ0) is 27.8. The van der Waals surface area contributed by atoms with Crippen LogP contribution in [0.2, 0.25) is 0 Å². The summed E-state index contributed by atoms with van der Waals surface area (Å²) in [4.78, 5) is 18.1. The molecule has 6 rings (SSSR count). The van der Waals surface area contributed by atoms with Crippen LogP contribution in [-0.2, 0) is 30.6 Å². The van der Waals surface area contributed by atoms with E-state index in [1.807, 2.05) is 41.3 Å². The Morgan fingerprint density at radius 3 is 2.05 bits per heavy atom. The maximum Gasteiger partial charge on any atom is 0.240 e. The van der Waals surface area contributed by atoms with Gasteiger partial charge >= 0.3 is 0 Å². The third-order valence-corrected chi connectivity index (χ3v) is 8.50. The second-order valence-electron chi connectivity index (χ2n) is 10.8. The number of carbonyl (C=O) groups is 1. The van der Waals surface area contributed by atoms with Crippen LogP contribution in [0.5, 0.6) is 0 Å². The smallest absolute Gasteiger partial charge is 0.240 e. The molecule has 0 fully saturated rings. The fourth-order valence-corrected chi connectivity index (χ4v) is 6.43. The van der Waals surface area contributed by atoms with Crippen molar-refractivity contribution in [2.24, 2.45) is 0 Å². The third kappa shape index (κ3) is 4.81. The normalized spacial score (nSPS) is 17.8. The Balaban J connectivity index is 1.38. The molecule has 2 aliphatic rings. The van der Waals surface area contributed by atoms with E-state index in [0.29, 0.717) is 31.4 Å². The molecule has 0 radical (unpaired) electrons. The summed E-state index contributed by atoms with van der Waals surface area (Å²) >= 11 is 0. The minimum Gasteiger partial charge on any atom is -0.333 e. The minimum absolute atomic E-state index is 0.0526. The highest BCUT2D eigenvalue weighted by atomic mass is 19.1. The molecule has 0 bridgehead atoms. The van der Waals surface area contributed by atoms with Crippen LogP contribution in [0.4, 0.5) is 13.2 Å². The average molecular weight is 541 g/mol. The molecule has 4 aromatic rings. The molecule has 40 heavy (non-hydrogen) atoms. The maximum atomic E-state index is 15.3. The molecule has 0 saturated heterocycles. The van der Waals surface area contributed by atoms with Crippen molar-refractivity contribution in [3.8, 4) is 0 Å². The number of rotatable bonds is 6. The van der Waals surface area contributed by atoms with Gasteiger partial charge in [0, 0.05) is 30.3 Å². The lowest BCUT2D eigenvalue weighted by Crippen LogP contribution is -2.53. The number of benzene rings is 4. The first-order valence-corrected chi connectivity index (χ1v) is 13.8. The van der Waals surface area contributed by atoms with Crippen molar-refractivity contribution in [1.29, 1.82) is 0 Å². The van der Waals surface area contributed by atoms with Gasteiger partial charge in [0.15, 0.2) is 0 Å². The van der Waals surface area contributed by atoms with Crippen LogP contribution in [0.25, 0.3) is 0 Å². The second-order valence-corrected chi connectivity index (χ2v) is 10.8. The molecule has 0 aromatic heterocycles. The number of amides is 1. The van der Waals surface area contributed by atoms with Crippen LogP contribution in [-0.4, -0.2) is 34.3 Å². The van der Waals surface area contributed by atoms with Gasteiger partial charge in [0.05, 0.1) is 12.1 Å². The van der Waals surface area contributed by atoms with Gasteiger partial charge in [-0.2, -0.15) is 0 Å². The number of fused-ring (bicyclic) bond motifs is 2. The van der Waals surface area contributed by atoms with Gasteiger partial charge in [-0.05, 0) is 66.6 Å². The van der Waals surface area contributed by atoms with Gasteiger partial charge in [0.2, 0.25) is 5.91 Å². The second kappa shape index (κ2) is 10.9. The first-order valence-electron chi connectivity index (χ1n) is 13.8. The predicted octanol–water partition coefficient (Wildman–Crippen LogP) is 6.64. The summed E-state index contributed by atoms with van der Waals surface area (Å²) < 4.78 is 45.3. The molecule has 0 N–H and O–H groups in total. The fourth-order valence-electron chi connectivity index (χ4n) is 6.43. The first kappa shape index (κ1) is 26.3. The van der Waals surface area contributed by atoms with E-state index in [9.17, 15) is 9.18 Å². The van der Waals surface area contributed by atoms with Gasteiger partial charge in [-0.15, -0.1) is 0 Å². The molecule has 1 amide bonds. The molecule has 3 nitrogen and oxygen atoms in total. The Labute approximate surface area is 232 Å². The van der Waals surface area contributed by atoms with E-state index >= 15 is 8.78 Å². The highest BCUT2D eigenvalue weighted by molar-refractivity contribution is 5.82. The summed E-state index contributed by atoms with van der Waals surface area (Å²) in [6.07, 6.45) is 2.01. The van der Waals surface area contributed by atoms with Gasteiger partial charge in [-0.3, -0.25) is 9.69 Å². The van der Waals surface area contributed by atoms with Crippen LogP contribution < -0.4 is 0 Å². The maximum absolute atomic E-state index is 15.3. The van der Waals surface area contributed by atoms with Gasteiger partial charge in [-0.25, -0.2) is 13.2 Å². The average Bonchev–Trinajstić information content (AvgIpc) is 3.40. The van der Waals surface area contributed by atoms with E-state index in [1.165, 1.54) is 35.4 Å². The van der Waals surface area contributed by atoms with Crippen LogP contribution >= 0.6 is 0 Å². The molecule has 2 atom stereocenters. The molecule has 2 unspecified atom stereocenters. The molecule has 204 valence electrons. The molecular weight excluding hydrogens is 509 g/mol. The van der Waals surface area contributed by atoms with Gasteiger partial charge in [0.1, 0.15) is 17.5 Å². The van der Waals surface area contributed by atoms with Crippen LogP contribution in [0.3, 0.4) is 0 Å². The van der Waals surface area contributed by atoms with Crippen molar-refractivity contribution in [2.75, 3.05) is 6.54 Å². The molecule has 0 saturated carbocycles. The lowest BCUT2D eigenvalue weighted by Gasteiger charge is -2.43. The molecule has 0 spiro atoms. The zero-order valence-corrected chi connectivity index (χ0v) is 22.4. The van der Waals surface area contributed by atoms with Crippen molar-refractivity contribution < 1.29 is 18.0 Å².